The molecule has 0 bridgehead atoms. The summed E-state index contributed by atoms with van der Waals surface area (Å²) in [4.78, 5) is 4.23. The van der Waals surface area contributed by atoms with Crippen molar-refractivity contribution < 1.29 is 4.74 Å². The smallest absolute Gasteiger partial charge is 0.190 e. The molecule has 0 spiro atoms. The minimum atomic E-state index is 0.531. The van der Waals surface area contributed by atoms with Gasteiger partial charge < -0.3 is 15.4 Å². The molecule has 118 valence electrons. The molecule has 0 aliphatic heterocycles. The van der Waals surface area contributed by atoms with Crippen LogP contribution in [0.5, 0.6) is 0 Å². The summed E-state index contributed by atoms with van der Waals surface area (Å²) >= 11 is 0. The lowest BCUT2D eigenvalue weighted by Gasteiger charge is -2.14. The second-order valence-electron chi connectivity index (χ2n) is 6.09. The number of guanidine groups is 1. The van der Waals surface area contributed by atoms with Gasteiger partial charge in [0.05, 0.1) is 6.10 Å². The van der Waals surface area contributed by atoms with Gasteiger partial charge in [0.15, 0.2) is 5.96 Å². The first-order valence-corrected chi connectivity index (χ1v) is 8.28. The lowest BCUT2D eigenvalue weighted by molar-refractivity contribution is 0.0574. The Hall–Kier alpha value is -0.770. The van der Waals surface area contributed by atoms with Crippen LogP contribution in [0.1, 0.15) is 58.8 Å². The van der Waals surface area contributed by atoms with Gasteiger partial charge in [0.25, 0.3) is 0 Å². The number of hydrogen-bond acceptors (Lipinski definition) is 2. The minimum absolute atomic E-state index is 0.531. The molecule has 0 radical (unpaired) electrons. The molecule has 0 aromatic carbocycles. The van der Waals surface area contributed by atoms with Crippen LogP contribution in [0.3, 0.4) is 0 Å². The molecule has 20 heavy (non-hydrogen) atoms. The van der Waals surface area contributed by atoms with Crippen LogP contribution >= 0.6 is 0 Å². The van der Waals surface area contributed by atoms with Gasteiger partial charge in [0, 0.05) is 26.7 Å². The summed E-state index contributed by atoms with van der Waals surface area (Å²) in [6.07, 6.45) is 9.24. The molecule has 1 rings (SSSR count). The van der Waals surface area contributed by atoms with E-state index in [1.54, 1.807) is 0 Å². The van der Waals surface area contributed by atoms with Crippen LogP contribution in [-0.4, -0.2) is 38.8 Å². The van der Waals surface area contributed by atoms with E-state index < -0.39 is 0 Å². The third kappa shape index (κ3) is 8.41. The summed E-state index contributed by atoms with van der Waals surface area (Å²) in [5, 5.41) is 6.70. The van der Waals surface area contributed by atoms with Crippen molar-refractivity contribution in [1.29, 1.82) is 0 Å². The van der Waals surface area contributed by atoms with Gasteiger partial charge in [-0.2, -0.15) is 0 Å². The highest BCUT2D eigenvalue weighted by atomic mass is 16.5. The summed E-state index contributed by atoms with van der Waals surface area (Å²) in [6.45, 7) is 7.31. The second-order valence-corrected chi connectivity index (χ2v) is 6.09. The maximum absolute atomic E-state index is 5.84. The maximum atomic E-state index is 5.84. The Morgan fingerprint density at radius 3 is 2.40 bits per heavy atom. The van der Waals surface area contributed by atoms with Crippen LogP contribution in [0, 0.1) is 5.92 Å². The summed E-state index contributed by atoms with van der Waals surface area (Å²) in [5.74, 6) is 1.69. The lowest BCUT2D eigenvalue weighted by Crippen LogP contribution is -2.38. The van der Waals surface area contributed by atoms with Crippen molar-refractivity contribution in [3.8, 4) is 0 Å². The number of nitrogens with zero attached hydrogens (tertiary/aromatic N) is 1. The zero-order valence-corrected chi connectivity index (χ0v) is 13.6. The van der Waals surface area contributed by atoms with Crippen molar-refractivity contribution in [3.05, 3.63) is 0 Å². The number of rotatable bonds is 9. The van der Waals surface area contributed by atoms with Gasteiger partial charge in [-0.05, 0) is 38.0 Å². The van der Waals surface area contributed by atoms with Crippen LogP contribution in [0.15, 0.2) is 4.99 Å². The molecule has 0 saturated heterocycles. The molecule has 0 atom stereocenters. The van der Waals surface area contributed by atoms with E-state index in [1.165, 1.54) is 38.5 Å². The van der Waals surface area contributed by atoms with E-state index in [0.29, 0.717) is 6.10 Å². The SMILES string of the molecule is CN=C(NCCCOC1CCCC1)NCCCC(C)C. The van der Waals surface area contributed by atoms with Gasteiger partial charge >= 0.3 is 0 Å². The molecule has 1 fully saturated rings. The molecule has 0 amide bonds. The van der Waals surface area contributed by atoms with Gasteiger partial charge in [-0.15, -0.1) is 0 Å². The Kier molecular flexibility index (Phi) is 9.46. The Balaban J connectivity index is 1.95. The summed E-state index contributed by atoms with van der Waals surface area (Å²) in [7, 11) is 1.83. The third-order valence-electron chi connectivity index (χ3n) is 3.74. The fourth-order valence-electron chi connectivity index (χ4n) is 2.52. The first kappa shape index (κ1) is 17.3. The zero-order valence-electron chi connectivity index (χ0n) is 13.6. The van der Waals surface area contributed by atoms with Crippen molar-refractivity contribution in [2.24, 2.45) is 10.9 Å². The van der Waals surface area contributed by atoms with Crippen LogP contribution in [0.2, 0.25) is 0 Å². The summed E-state index contributed by atoms with van der Waals surface area (Å²) in [5.41, 5.74) is 0. The zero-order chi connectivity index (χ0) is 14.6. The Morgan fingerprint density at radius 2 is 1.80 bits per heavy atom. The standard InChI is InChI=1S/C16H33N3O/c1-14(2)8-6-11-18-16(17-3)19-12-7-13-20-15-9-4-5-10-15/h14-15H,4-13H2,1-3H3,(H2,17,18,19). The molecular formula is C16H33N3O. The number of ether oxygens (including phenoxy) is 1. The number of nitrogens with one attached hydrogen (secondary N) is 2. The topological polar surface area (TPSA) is 45.7 Å². The first-order valence-electron chi connectivity index (χ1n) is 8.28. The van der Waals surface area contributed by atoms with E-state index in [-0.39, 0.29) is 0 Å². The highest BCUT2D eigenvalue weighted by Crippen LogP contribution is 2.20. The minimum Gasteiger partial charge on any atom is -0.378 e. The molecule has 4 heteroatoms. The van der Waals surface area contributed by atoms with Gasteiger partial charge in [0.1, 0.15) is 0 Å². The average molecular weight is 283 g/mol. The molecule has 1 aliphatic rings. The molecular weight excluding hydrogens is 250 g/mol. The number of hydrogen-bond donors (Lipinski definition) is 2. The van der Waals surface area contributed by atoms with Crippen LogP contribution in [0.25, 0.3) is 0 Å². The Labute approximate surface area is 124 Å². The predicted molar refractivity (Wildman–Crippen MR) is 86.3 cm³/mol. The highest BCUT2D eigenvalue weighted by molar-refractivity contribution is 5.79. The van der Waals surface area contributed by atoms with E-state index >= 15 is 0 Å². The average Bonchev–Trinajstić information content (AvgIpc) is 2.93. The largest absolute Gasteiger partial charge is 0.378 e. The van der Waals surface area contributed by atoms with Crippen molar-refractivity contribution in [2.45, 2.75) is 64.9 Å². The fourth-order valence-corrected chi connectivity index (χ4v) is 2.52. The summed E-state index contributed by atoms with van der Waals surface area (Å²) in [6, 6.07) is 0. The second kappa shape index (κ2) is 11.0. The summed E-state index contributed by atoms with van der Waals surface area (Å²) < 4.78 is 5.84. The molecule has 4 nitrogen and oxygen atoms in total. The maximum Gasteiger partial charge on any atom is 0.190 e. The van der Waals surface area contributed by atoms with Crippen molar-refractivity contribution in [2.75, 3.05) is 26.7 Å². The fraction of sp³-hybridized carbons (Fsp3) is 0.938. The Bertz CT molecular complexity index is 260. The van der Waals surface area contributed by atoms with Crippen molar-refractivity contribution >= 4 is 5.96 Å². The molecule has 0 aromatic rings. The van der Waals surface area contributed by atoms with E-state index in [9.17, 15) is 0 Å². The molecule has 0 unspecified atom stereocenters. The van der Waals surface area contributed by atoms with Gasteiger partial charge in [0.2, 0.25) is 0 Å². The third-order valence-corrected chi connectivity index (χ3v) is 3.74. The van der Waals surface area contributed by atoms with Crippen LogP contribution in [-0.2, 0) is 4.74 Å². The van der Waals surface area contributed by atoms with Crippen LogP contribution in [0.4, 0.5) is 0 Å². The molecule has 1 saturated carbocycles. The van der Waals surface area contributed by atoms with Crippen molar-refractivity contribution in [1.82, 2.24) is 10.6 Å². The van der Waals surface area contributed by atoms with E-state index in [0.717, 1.165) is 38.0 Å². The Morgan fingerprint density at radius 1 is 1.15 bits per heavy atom. The predicted octanol–water partition coefficient (Wildman–Crippen LogP) is 2.94. The van der Waals surface area contributed by atoms with E-state index in [2.05, 4.69) is 29.5 Å². The normalized spacial score (nSPS) is 16.9. The lowest BCUT2D eigenvalue weighted by atomic mass is 10.1. The monoisotopic (exact) mass is 283 g/mol. The number of aliphatic imine (C=N–C) groups is 1. The molecule has 0 heterocycles. The van der Waals surface area contributed by atoms with Crippen molar-refractivity contribution in [3.63, 3.8) is 0 Å². The van der Waals surface area contributed by atoms with Gasteiger partial charge in [-0.25, -0.2) is 0 Å². The molecule has 1 aliphatic carbocycles. The van der Waals surface area contributed by atoms with Gasteiger partial charge in [-0.3, -0.25) is 4.99 Å². The first-order chi connectivity index (χ1) is 9.72. The van der Waals surface area contributed by atoms with E-state index in [4.69, 9.17) is 4.74 Å². The highest BCUT2D eigenvalue weighted by Gasteiger charge is 2.14. The quantitative estimate of drug-likeness (QED) is 0.388. The van der Waals surface area contributed by atoms with Crippen LogP contribution < -0.4 is 10.6 Å². The van der Waals surface area contributed by atoms with Gasteiger partial charge in [-0.1, -0.05) is 26.7 Å². The molecule has 0 aromatic heterocycles. The van der Waals surface area contributed by atoms with E-state index in [1.807, 2.05) is 7.05 Å². The molecule has 2 N–H and O–H groups in total.